The minimum Gasteiger partial charge on any atom is -0.345 e. The van der Waals surface area contributed by atoms with Crippen LogP contribution in [0.15, 0.2) is 24.3 Å². The fourth-order valence-electron chi connectivity index (χ4n) is 2.19. The topological polar surface area (TPSA) is 58.2 Å². The van der Waals surface area contributed by atoms with E-state index in [0.29, 0.717) is 0 Å². The summed E-state index contributed by atoms with van der Waals surface area (Å²) in [5.41, 5.74) is 0.753. The van der Waals surface area contributed by atoms with Crippen molar-refractivity contribution >= 4 is 11.8 Å². The zero-order valence-electron chi connectivity index (χ0n) is 10.6. The van der Waals surface area contributed by atoms with Crippen molar-refractivity contribution in [3.05, 3.63) is 35.6 Å². The number of hydrogen-bond acceptors (Lipinski definition) is 2. The maximum absolute atomic E-state index is 12.7. The second-order valence-corrected chi connectivity index (χ2v) is 4.76. The van der Waals surface area contributed by atoms with Gasteiger partial charge in [0, 0.05) is 12.6 Å². The van der Waals surface area contributed by atoms with Crippen LogP contribution >= 0.6 is 0 Å². The van der Waals surface area contributed by atoms with Crippen LogP contribution in [0.5, 0.6) is 0 Å². The molecule has 0 atom stereocenters. The third-order valence-electron chi connectivity index (χ3n) is 3.26. The normalized spacial score (nSPS) is 15.2. The molecular formula is C14H17FN2O2. The highest BCUT2D eigenvalue weighted by Gasteiger charge is 2.20. The second-order valence-electron chi connectivity index (χ2n) is 4.76. The summed E-state index contributed by atoms with van der Waals surface area (Å²) in [5.74, 6) is -1.56. The zero-order valence-corrected chi connectivity index (χ0v) is 10.6. The van der Waals surface area contributed by atoms with E-state index < -0.39 is 11.8 Å². The van der Waals surface area contributed by atoms with Gasteiger partial charge >= 0.3 is 11.8 Å². The number of halogens is 1. The Labute approximate surface area is 111 Å². The molecule has 5 heteroatoms. The van der Waals surface area contributed by atoms with Gasteiger partial charge in [-0.05, 0) is 30.5 Å². The van der Waals surface area contributed by atoms with E-state index in [0.717, 1.165) is 31.2 Å². The van der Waals surface area contributed by atoms with Gasteiger partial charge < -0.3 is 10.6 Å². The summed E-state index contributed by atoms with van der Waals surface area (Å²) >= 11 is 0. The monoisotopic (exact) mass is 264 g/mol. The number of benzene rings is 1. The van der Waals surface area contributed by atoms with E-state index in [9.17, 15) is 14.0 Å². The Balaban J connectivity index is 1.76. The summed E-state index contributed by atoms with van der Waals surface area (Å²) in [4.78, 5) is 23.2. The lowest BCUT2D eigenvalue weighted by atomic mass is 10.2. The van der Waals surface area contributed by atoms with Gasteiger partial charge in [-0.15, -0.1) is 0 Å². The quantitative estimate of drug-likeness (QED) is 0.813. The number of carbonyl (C=O) groups is 2. The molecule has 1 saturated carbocycles. The third kappa shape index (κ3) is 4.05. The van der Waals surface area contributed by atoms with Crippen LogP contribution in [0.4, 0.5) is 4.39 Å². The summed E-state index contributed by atoms with van der Waals surface area (Å²) in [6, 6.07) is 5.92. The Hall–Kier alpha value is -1.91. The van der Waals surface area contributed by atoms with Crippen LogP contribution in [0, 0.1) is 5.82 Å². The van der Waals surface area contributed by atoms with Gasteiger partial charge in [-0.1, -0.05) is 25.0 Å². The van der Waals surface area contributed by atoms with Crippen LogP contribution in [-0.2, 0) is 16.1 Å². The van der Waals surface area contributed by atoms with E-state index in [1.54, 1.807) is 12.1 Å². The second kappa shape index (κ2) is 6.31. The maximum atomic E-state index is 12.7. The molecule has 0 spiro atoms. The number of rotatable bonds is 3. The van der Waals surface area contributed by atoms with Crippen molar-refractivity contribution < 1.29 is 14.0 Å². The van der Waals surface area contributed by atoms with Gasteiger partial charge in [0.25, 0.3) is 0 Å². The molecule has 0 radical (unpaired) electrons. The summed E-state index contributed by atoms with van der Waals surface area (Å²) < 4.78 is 12.7. The minimum absolute atomic E-state index is 0.129. The first-order valence-corrected chi connectivity index (χ1v) is 6.48. The Morgan fingerprint density at radius 1 is 1.11 bits per heavy atom. The molecule has 0 saturated heterocycles. The van der Waals surface area contributed by atoms with Crippen LogP contribution in [0.3, 0.4) is 0 Å². The molecule has 2 amide bonds. The third-order valence-corrected chi connectivity index (χ3v) is 3.26. The van der Waals surface area contributed by atoms with Crippen LogP contribution in [0.1, 0.15) is 31.2 Å². The van der Waals surface area contributed by atoms with Crippen molar-refractivity contribution in [1.29, 1.82) is 0 Å². The Bertz CT molecular complexity index is 453. The summed E-state index contributed by atoms with van der Waals surface area (Å²) in [6.45, 7) is 0.219. The largest absolute Gasteiger partial charge is 0.345 e. The van der Waals surface area contributed by atoms with Gasteiger partial charge in [0.1, 0.15) is 5.82 Å². The molecule has 1 aliphatic rings. The molecule has 1 fully saturated rings. The summed E-state index contributed by atoms with van der Waals surface area (Å²) in [5, 5.41) is 5.23. The molecule has 0 aromatic heterocycles. The van der Waals surface area contributed by atoms with Crippen molar-refractivity contribution in [2.75, 3.05) is 0 Å². The molecule has 1 aromatic carbocycles. The first-order chi connectivity index (χ1) is 9.15. The van der Waals surface area contributed by atoms with E-state index >= 15 is 0 Å². The summed E-state index contributed by atoms with van der Waals surface area (Å²) in [6.07, 6.45) is 4.08. The minimum atomic E-state index is -0.642. The molecular weight excluding hydrogens is 247 g/mol. The number of hydrogen-bond donors (Lipinski definition) is 2. The van der Waals surface area contributed by atoms with E-state index in [-0.39, 0.29) is 18.4 Å². The predicted molar refractivity (Wildman–Crippen MR) is 68.6 cm³/mol. The molecule has 102 valence electrons. The number of carbonyl (C=O) groups excluding carboxylic acids is 2. The molecule has 0 aliphatic heterocycles. The van der Waals surface area contributed by atoms with E-state index in [1.807, 2.05) is 0 Å². The fraction of sp³-hybridized carbons (Fsp3) is 0.429. The molecule has 0 heterocycles. The van der Waals surface area contributed by atoms with Crippen LogP contribution < -0.4 is 10.6 Å². The molecule has 1 aromatic rings. The van der Waals surface area contributed by atoms with Gasteiger partial charge in [-0.2, -0.15) is 0 Å². The highest BCUT2D eigenvalue weighted by molar-refractivity contribution is 6.35. The molecule has 0 bridgehead atoms. The van der Waals surface area contributed by atoms with Crippen LogP contribution in [0.2, 0.25) is 0 Å². The first-order valence-electron chi connectivity index (χ1n) is 6.48. The Kier molecular flexibility index (Phi) is 4.49. The van der Waals surface area contributed by atoms with Crippen molar-refractivity contribution in [3.63, 3.8) is 0 Å². The van der Waals surface area contributed by atoms with Crippen molar-refractivity contribution in [2.24, 2.45) is 0 Å². The van der Waals surface area contributed by atoms with Crippen LogP contribution in [-0.4, -0.2) is 17.9 Å². The van der Waals surface area contributed by atoms with E-state index in [1.165, 1.54) is 12.1 Å². The maximum Gasteiger partial charge on any atom is 0.309 e. The van der Waals surface area contributed by atoms with Gasteiger partial charge in [-0.25, -0.2) is 4.39 Å². The lowest BCUT2D eigenvalue weighted by molar-refractivity contribution is -0.139. The molecule has 2 rings (SSSR count). The Morgan fingerprint density at radius 3 is 2.37 bits per heavy atom. The fourth-order valence-corrected chi connectivity index (χ4v) is 2.19. The molecule has 0 unspecified atom stereocenters. The van der Waals surface area contributed by atoms with E-state index in [2.05, 4.69) is 10.6 Å². The standard InChI is InChI=1S/C14H17FN2O2/c15-11-7-5-10(6-8-11)9-16-13(18)14(19)17-12-3-1-2-4-12/h5-8,12H,1-4,9H2,(H,16,18)(H,17,19). The summed E-state index contributed by atoms with van der Waals surface area (Å²) in [7, 11) is 0. The number of nitrogens with one attached hydrogen (secondary N) is 2. The van der Waals surface area contributed by atoms with Crippen molar-refractivity contribution in [1.82, 2.24) is 10.6 Å². The zero-order chi connectivity index (χ0) is 13.7. The van der Waals surface area contributed by atoms with Crippen molar-refractivity contribution in [3.8, 4) is 0 Å². The smallest absolute Gasteiger partial charge is 0.309 e. The predicted octanol–water partition coefficient (Wildman–Crippen LogP) is 1.50. The average Bonchev–Trinajstić information content (AvgIpc) is 2.90. The number of amides is 2. The molecule has 2 N–H and O–H groups in total. The van der Waals surface area contributed by atoms with Gasteiger partial charge in [0.2, 0.25) is 0 Å². The van der Waals surface area contributed by atoms with Gasteiger partial charge in [-0.3, -0.25) is 9.59 Å². The van der Waals surface area contributed by atoms with Gasteiger partial charge in [0.05, 0.1) is 0 Å². The molecule has 19 heavy (non-hydrogen) atoms. The van der Waals surface area contributed by atoms with Gasteiger partial charge in [0.15, 0.2) is 0 Å². The SMILES string of the molecule is O=C(NCc1ccc(F)cc1)C(=O)NC1CCCC1. The lowest BCUT2D eigenvalue weighted by Crippen LogP contribution is -2.43. The molecule has 4 nitrogen and oxygen atoms in total. The highest BCUT2D eigenvalue weighted by Crippen LogP contribution is 2.17. The van der Waals surface area contributed by atoms with Crippen LogP contribution in [0.25, 0.3) is 0 Å². The highest BCUT2D eigenvalue weighted by atomic mass is 19.1. The Morgan fingerprint density at radius 2 is 1.74 bits per heavy atom. The molecule has 1 aliphatic carbocycles. The van der Waals surface area contributed by atoms with E-state index in [4.69, 9.17) is 0 Å². The first kappa shape index (κ1) is 13.5. The van der Waals surface area contributed by atoms with Crippen molar-refractivity contribution in [2.45, 2.75) is 38.3 Å². The lowest BCUT2D eigenvalue weighted by Gasteiger charge is -2.11. The average molecular weight is 264 g/mol.